The number of halogens is 5. The highest BCUT2D eigenvalue weighted by molar-refractivity contribution is 6.15. The van der Waals surface area contributed by atoms with Crippen LogP contribution in [0, 0.1) is 36.0 Å². The maximum atomic E-state index is 13.9. The standard InChI is InChI=1S/C24H13F5O5/c1-10-14(31-8-13-18(25)20(27)22(29)21(28)19(13)26)5-3-12-23(30)17(34-24(10)12)7-11-2-4-15-16(6-11)33-9-32-15/h2-7H,8-9H2,1H3/b17-7-. The molecule has 0 spiro atoms. The summed E-state index contributed by atoms with van der Waals surface area (Å²) in [6.07, 6.45) is 1.51. The summed E-state index contributed by atoms with van der Waals surface area (Å²) < 4.78 is 89.5. The van der Waals surface area contributed by atoms with E-state index in [1.54, 1.807) is 18.2 Å². The lowest BCUT2D eigenvalue weighted by molar-refractivity contribution is 0.101. The van der Waals surface area contributed by atoms with E-state index in [-0.39, 0.29) is 29.6 Å². The van der Waals surface area contributed by atoms with Crippen molar-refractivity contribution in [2.24, 2.45) is 0 Å². The predicted molar refractivity (Wildman–Crippen MR) is 107 cm³/mol. The maximum absolute atomic E-state index is 13.9. The second kappa shape index (κ2) is 8.05. The summed E-state index contributed by atoms with van der Waals surface area (Å²) in [6.45, 7) is 0.700. The first-order valence-corrected chi connectivity index (χ1v) is 9.87. The maximum Gasteiger partial charge on any atom is 0.231 e. The van der Waals surface area contributed by atoms with Crippen molar-refractivity contribution in [1.29, 1.82) is 0 Å². The quantitative estimate of drug-likeness (QED) is 0.212. The van der Waals surface area contributed by atoms with Crippen molar-refractivity contribution in [2.45, 2.75) is 13.5 Å². The van der Waals surface area contributed by atoms with Crippen molar-refractivity contribution in [3.63, 3.8) is 0 Å². The van der Waals surface area contributed by atoms with E-state index in [0.717, 1.165) is 0 Å². The van der Waals surface area contributed by atoms with Crippen molar-refractivity contribution in [3.8, 4) is 23.0 Å². The van der Waals surface area contributed by atoms with Gasteiger partial charge in [0, 0.05) is 5.56 Å². The predicted octanol–water partition coefficient (Wildman–Crippen LogP) is 5.61. The zero-order valence-corrected chi connectivity index (χ0v) is 17.3. The summed E-state index contributed by atoms with van der Waals surface area (Å²) in [5, 5.41) is 0. The van der Waals surface area contributed by atoms with Crippen LogP contribution >= 0.6 is 0 Å². The van der Waals surface area contributed by atoms with Crippen LogP contribution in [0.2, 0.25) is 0 Å². The number of allylic oxidation sites excluding steroid dienone is 1. The minimum absolute atomic E-state index is 0.0221. The van der Waals surface area contributed by atoms with Gasteiger partial charge in [-0.1, -0.05) is 6.07 Å². The summed E-state index contributed by atoms with van der Waals surface area (Å²) in [7, 11) is 0. The van der Waals surface area contributed by atoms with Crippen LogP contribution in [0.5, 0.6) is 23.0 Å². The topological polar surface area (TPSA) is 54.0 Å². The number of hydrogen-bond acceptors (Lipinski definition) is 5. The van der Waals surface area contributed by atoms with Crippen LogP contribution < -0.4 is 18.9 Å². The van der Waals surface area contributed by atoms with Gasteiger partial charge in [-0.25, -0.2) is 22.0 Å². The van der Waals surface area contributed by atoms with Crippen molar-refractivity contribution in [2.75, 3.05) is 6.79 Å². The van der Waals surface area contributed by atoms with Gasteiger partial charge in [0.15, 0.2) is 40.5 Å². The molecule has 2 heterocycles. The minimum atomic E-state index is -2.25. The fourth-order valence-corrected chi connectivity index (χ4v) is 3.61. The number of hydrogen-bond donors (Lipinski definition) is 0. The average Bonchev–Trinajstić information content (AvgIpc) is 3.42. The first-order chi connectivity index (χ1) is 16.3. The lowest BCUT2D eigenvalue weighted by Crippen LogP contribution is -2.10. The Kier molecular flexibility index (Phi) is 5.15. The van der Waals surface area contributed by atoms with Crippen LogP contribution in [0.15, 0.2) is 36.1 Å². The molecule has 0 amide bonds. The van der Waals surface area contributed by atoms with E-state index in [4.69, 9.17) is 18.9 Å². The van der Waals surface area contributed by atoms with Crippen LogP contribution in [0.4, 0.5) is 22.0 Å². The van der Waals surface area contributed by atoms with Crippen molar-refractivity contribution in [3.05, 3.63) is 87.4 Å². The first kappa shape index (κ1) is 21.7. The van der Waals surface area contributed by atoms with Gasteiger partial charge in [0.1, 0.15) is 18.1 Å². The van der Waals surface area contributed by atoms with E-state index >= 15 is 0 Å². The molecule has 3 aromatic rings. The van der Waals surface area contributed by atoms with E-state index in [1.807, 2.05) is 0 Å². The molecule has 2 aliphatic heterocycles. The van der Waals surface area contributed by atoms with Crippen LogP contribution in [0.3, 0.4) is 0 Å². The normalized spacial score (nSPS) is 15.0. The van der Waals surface area contributed by atoms with Gasteiger partial charge in [0.2, 0.25) is 18.4 Å². The zero-order valence-electron chi connectivity index (χ0n) is 17.3. The van der Waals surface area contributed by atoms with Crippen LogP contribution in [-0.2, 0) is 6.61 Å². The lowest BCUT2D eigenvalue weighted by atomic mass is 10.1. The molecule has 0 aromatic heterocycles. The Morgan fingerprint density at radius 2 is 1.59 bits per heavy atom. The number of ether oxygens (including phenoxy) is 4. The molecule has 5 rings (SSSR count). The molecular formula is C24H13F5O5. The smallest absolute Gasteiger partial charge is 0.231 e. The summed E-state index contributed by atoms with van der Waals surface area (Å²) in [5.74, 6) is -9.39. The molecule has 3 aromatic carbocycles. The molecule has 0 N–H and O–H groups in total. The van der Waals surface area contributed by atoms with E-state index in [2.05, 4.69) is 0 Å². The van der Waals surface area contributed by atoms with Gasteiger partial charge >= 0.3 is 0 Å². The van der Waals surface area contributed by atoms with E-state index in [9.17, 15) is 26.7 Å². The van der Waals surface area contributed by atoms with Crippen molar-refractivity contribution < 1.29 is 45.7 Å². The Bertz CT molecular complexity index is 1370. The molecule has 0 atom stereocenters. The number of benzene rings is 3. The third-order valence-electron chi connectivity index (χ3n) is 5.40. The molecule has 0 saturated heterocycles. The minimum Gasteiger partial charge on any atom is -0.488 e. The highest BCUT2D eigenvalue weighted by atomic mass is 19.2. The van der Waals surface area contributed by atoms with Gasteiger partial charge in [-0.2, -0.15) is 0 Å². The van der Waals surface area contributed by atoms with Crippen molar-refractivity contribution in [1.82, 2.24) is 0 Å². The molecule has 34 heavy (non-hydrogen) atoms. The van der Waals surface area contributed by atoms with Gasteiger partial charge in [0.05, 0.1) is 11.1 Å². The molecular weight excluding hydrogens is 463 g/mol. The largest absolute Gasteiger partial charge is 0.488 e. The lowest BCUT2D eigenvalue weighted by Gasteiger charge is -2.13. The van der Waals surface area contributed by atoms with Crippen LogP contribution in [0.1, 0.15) is 27.0 Å². The number of ketones is 1. The Hall–Kier alpha value is -4.08. The van der Waals surface area contributed by atoms with Gasteiger partial charge in [-0.3, -0.25) is 4.79 Å². The fourth-order valence-electron chi connectivity index (χ4n) is 3.61. The second-order valence-corrected chi connectivity index (χ2v) is 7.45. The molecule has 0 bridgehead atoms. The third-order valence-corrected chi connectivity index (χ3v) is 5.40. The number of rotatable bonds is 4. The van der Waals surface area contributed by atoms with Gasteiger partial charge in [-0.05, 0) is 42.8 Å². The zero-order chi connectivity index (χ0) is 24.1. The fraction of sp³-hybridized carbons (Fsp3) is 0.125. The SMILES string of the molecule is Cc1c(OCc2c(F)c(F)c(F)c(F)c2F)ccc2c1O/C(=C\c1ccc3c(c1)OCO3)C2=O. The molecule has 174 valence electrons. The monoisotopic (exact) mass is 476 g/mol. The molecule has 0 unspecified atom stereocenters. The Morgan fingerprint density at radius 1 is 0.912 bits per heavy atom. The number of fused-ring (bicyclic) bond motifs is 2. The molecule has 0 saturated carbocycles. The number of Topliss-reactive ketones (excluding diaryl/α,β-unsaturated/α-hetero) is 1. The summed E-state index contributed by atoms with van der Waals surface area (Å²) in [4.78, 5) is 12.8. The highest BCUT2D eigenvalue weighted by Gasteiger charge is 2.31. The Morgan fingerprint density at radius 3 is 2.32 bits per heavy atom. The van der Waals surface area contributed by atoms with Crippen LogP contribution in [0.25, 0.3) is 6.08 Å². The summed E-state index contributed by atoms with van der Waals surface area (Å²) in [6, 6.07) is 7.83. The molecule has 10 heteroatoms. The van der Waals surface area contributed by atoms with Crippen LogP contribution in [-0.4, -0.2) is 12.6 Å². The molecule has 0 radical (unpaired) electrons. The number of carbonyl (C=O) groups excluding carboxylic acids is 1. The van der Waals surface area contributed by atoms with Gasteiger partial charge in [0.25, 0.3) is 0 Å². The average molecular weight is 476 g/mol. The second-order valence-electron chi connectivity index (χ2n) is 7.45. The van der Waals surface area contributed by atoms with Gasteiger partial charge in [-0.15, -0.1) is 0 Å². The number of carbonyl (C=O) groups is 1. The Balaban J connectivity index is 1.40. The van der Waals surface area contributed by atoms with E-state index in [0.29, 0.717) is 22.6 Å². The summed E-state index contributed by atoms with van der Waals surface area (Å²) >= 11 is 0. The molecule has 0 fully saturated rings. The Labute approximate surface area is 188 Å². The third kappa shape index (κ3) is 3.42. The first-order valence-electron chi connectivity index (χ1n) is 9.87. The van der Waals surface area contributed by atoms with E-state index in [1.165, 1.54) is 25.1 Å². The highest BCUT2D eigenvalue weighted by Crippen LogP contribution is 2.40. The molecule has 5 nitrogen and oxygen atoms in total. The molecule has 2 aliphatic rings. The van der Waals surface area contributed by atoms with Gasteiger partial charge < -0.3 is 18.9 Å². The molecule has 0 aliphatic carbocycles. The van der Waals surface area contributed by atoms with Crippen molar-refractivity contribution >= 4 is 11.9 Å². The van der Waals surface area contributed by atoms with E-state index < -0.39 is 47.0 Å². The summed E-state index contributed by atoms with van der Waals surface area (Å²) in [5.41, 5.74) is 0.0504.